The van der Waals surface area contributed by atoms with E-state index in [-0.39, 0.29) is 53.8 Å². The van der Waals surface area contributed by atoms with E-state index in [0.717, 1.165) is 0 Å². The Kier molecular flexibility index (Phi) is 42.7. The van der Waals surface area contributed by atoms with Crippen LogP contribution in [0.4, 0.5) is 0 Å². The van der Waals surface area contributed by atoms with E-state index in [1.54, 1.807) is 0 Å². The maximum absolute atomic E-state index is 7.62. The molecule has 0 aliphatic carbocycles. The minimum absolute atomic E-state index is 0. The molecule has 6 heavy (non-hydrogen) atoms. The minimum atomic E-state index is -0.125. The number of aliphatic hydroxyl groups is 2. The number of aliphatic hydroxyl groups excluding tert-OH is 2. The van der Waals surface area contributed by atoms with Crippen LogP contribution in [0.3, 0.4) is 0 Å². The van der Waals surface area contributed by atoms with Crippen LogP contribution < -0.4 is 0 Å². The van der Waals surface area contributed by atoms with Crippen LogP contribution in [0.2, 0.25) is 0 Å². The van der Waals surface area contributed by atoms with Gasteiger partial charge in [0, 0.05) is 21.7 Å². The van der Waals surface area contributed by atoms with E-state index in [4.69, 9.17) is 10.2 Å². The van der Waals surface area contributed by atoms with E-state index in [1.165, 1.54) is 0 Å². The molecule has 0 unspecified atom stereocenters. The number of rotatable bonds is 1. The summed E-state index contributed by atoms with van der Waals surface area (Å²) in [7, 11) is 0. The van der Waals surface area contributed by atoms with Crippen LogP contribution in [-0.2, 0) is 21.7 Å². The molecule has 0 spiro atoms. The fourth-order valence-corrected chi connectivity index (χ4v) is 0. The van der Waals surface area contributed by atoms with Gasteiger partial charge in [0.25, 0.3) is 0 Å². The first-order valence-corrected chi connectivity index (χ1v) is 1.13. The second-order valence-electron chi connectivity index (χ2n) is 0.447. The topological polar surface area (TPSA) is 40.5 Å². The van der Waals surface area contributed by atoms with Crippen molar-refractivity contribution in [1.29, 1.82) is 0 Å². The van der Waals surface area contributed by atoms with Crippen LogP contribution in [0.25, 0.3) is 0 Å². The monoisotopic (exact) mass is 118 g/mol. The Morgan fingerprint density at radius 3 is 1.17 bits per heavy atom. The zero-order valence-corrected chi connectivity index (χ0v) is 4.37. The molecule has 0 amide bonds. The van der Waals surface area contributed by atoms with E-state index in [9.17, 15) is 0 Å². The van der Waals surface area contributed by atoms with Crippen molar-refractivity contribution < 1.29 is 31.9 Å². The van der Waals surface area contributed by atoms with E-state index in [0.29, 0.717) is 0 Å². The average molecular weight is 118 g/mol. The van der Waals surface area contributed by atoms with Gasteiger partial charge in [-0.2, -0.15) is 0 Å². The molecule has 0 atom stereocenters. The fourth-order valence-electron chi connectivity index (χ4n) is 0. The molecule has 0 saturated carbocycles. The predicted molar refractivity (Wildman–Crippen MR) is 21.3 cm³/mol. The van der Waals surface area contributed by atoms with Gasteiger partial charge in [0.2, 0.25) is 0 Å². The second kappa shape index (κ2) is 16.3. The maximum atomic E-state index is 7.62. The smallest absolute Gasteiger partial charge is 0 e. The minimum Gasteiger partial charge on any atom is 0 e. The molecule has 0 aromatic heterocycles. The van der Waals surface area contributed by atoms with Crippen LogP contribution in [0.1, 0.15) is 0 Å². The van der Waals surface area contributed by atoms with E-state index in [2.05, 4.69) is 0 Å². The van der Waals surface area contributed by atoms with Crippen LogP contribution in [0.5, 0.6) is 0 Å². The van der Waals surface area contributed by atoms with Crippen LogP contribution >= 0.6 is 0 Å². The fraction of sp³-hybridized carbons (Fsp3) is 1.00. The third kappa shape index (κ3) is 18.8. The number of hydrogen-bond acceptors (Lipinski definition) is 2. The Morgan fingerprint density at radius 1 is 1.00 bits per heavy atom. The molecule has 0 bridgehead atoms. The molecular weight excluding hydrogens is 111 g/mol. The van der Waals surface area contributed by atoms with Gasteiger partial charge in [-0.25, -0.2) is 0 Å². The van der Waals surface area contributed by atoms with Crippen LogP contribution in [-0.4, -0.2) is 42.3 Å². The van der Waals surface area contributed by atoms with E-state index >= 15 is 0 Å². The molecule has 2 N–H and O–H groups in total. The van der Waals surface area contributed by atoms with Crippen molar-refractivity contribution in [2.45, 2.75) is 0 Å². The van der Waals surface area contributed by atoms with Gasteiger partial charge in [-0.05, 0) is 0 Å². The van der Waals surface area contributed by atoms with Crippen molar-refractivity contribution in [1.82, 2.24) is 0 Å². The third-order valence-electron chi connectivity index (χ3n) is 0.1000. The van der Waals surface area contributed by atoms with Crippen molar-refractivity contribution in [3.05, 3.63) is 0 Å². The van der Waals surface area contributed by atoms with Gasteiger partial charge in [-0.3, -0.25) is 0 Å². The Bertz CT molecular complexity index is 13.5. The summed E-state index contributed by atoms with van der Waals surface area (Å²) in [5, 5.41) is 15.2. The van der Waals surface area contributed by atoms with Gasteiger partial charge in [0.1, 0.15) is 0 Å². The van der Waals surface area contributed by atoms with Gasteiger partial charge in [-0.15, -0.1) is 0 Å². The number of hydrogen-bond donors (Lipinski definition) is 2. The first-order chi connectivity index (χ1) is 1.91. The quantitative estimate of drug-likeness (QED) is 0.403. The first-order valence-electron chi connectivity index (χ1n) is 1.13. The molecule has 0 aliphatic rings. The molecule has 0 fully saturated rings. The molecule has 0 heterocycles. The summed E-state index contributed by atoms with van der Waals surface area (Å²) in [6, 6.07) is 0. The molecule has 0 aromatic carbocycles. The second-order valence-corrected chi connectivity index (χ2v) is 0.447. The Hall–Kier alpha value is 1.23. The molecule has 0 aromatic rings. The zero-order valence-electron chi connectivity index (χ0n) is 2.81. The van der Waals surface area contributed by atoms with E-state index in [1.807, 2.05) is 0 Å². The van der Waals surface area contributed by atoms with Gasteiger partial charge >= 0.3 is 18.9 Å². The van der Waals surface area contributed by atoms with Crippen LogP contribution in [0.15, 0.2) is 0 Å². The molecule has 0 radical (unpaired) electrons. The third-order valence-corrected chi connectivity index (χ3v) is 0.1000. The van der Waals surface area contributed by atoms with Crippen molar-refractivity contribution in [3.8, 4) is 0 Å². The summed E-state index contributed by atoms with van der Waals surface area (Å²) in [5.41, 5.74) is 0. The molecule has 0 saturated heterocycles. The average Bonchev–Trinajstić information content (AvgIpc) is 1.37. The summed E-state index contributed by atoms with van der Waals surface area (Å²) in [5.74, 6) is 0. The van der Waals surface area contributed by atoms with Crippen molar-refractivity contribution in [2.75, 3.05) is 13.2 Å². The van der Waals surface area contributed by atoms with Crippen molar-refractivity contribution in [3.63, 3.8) is 0 Å². The van der Waals surface area contributed by atoms with Gasteiger partial charge in [0.05, 0.1) is 13.2 Å². The van der Waals surface area contributed by atoms with Gasteiger partial charge < -0.3 is 10.2 Å². The summed E-state index contributed by atoms with van der Waals surface area (Å²) < 4.78 is 0. The molecule has 0 aliphatic heterocycles. The van der Waals surface area contributed by atoms with Gasteiger partial charge in [-0.1, -0.05) is 0 Å². The normalized spacial score (nSPS) is 5.00. The Balaban J connectivity index is -0.0000000450. The largest absolute Gasteiger partial charge is 0 e. The summed E-state index contributed by atoms with van der Waals surface area (Å²) >= 11 is 0. The summed E-state index contributed by atoms with van der Waals surface area (Å²) in [6.45, 7) is -0.250. The SMILES string of the molecule is OCCO.[LiH].[Ti]. The molecular formula is C2H7LiO2Ti. The summed E-state index contributed by atoms with van der Waals surface area (Å²) in [6.07, 6.45) is 0. The van der Waals surface area contributed by atoms with Crippen molar-refractivity contribution in [2.24, 2.45) is 0 Å². The Morgan fingerprint density at radius 2 is 1.17 bits per heavy atom. The molecule has 2 nitrogen and oxygen atoms in total. The van der Waals surface area contributed by atoms with E-state index < -0.39 is 0 Å². The Labute approximate surface area is 64.0 Å². The van der Waals surface area contributed by atoms with Crippen molar-refractivity contribution >= 4 is 18.9 Å². The summed E-state index contributed by atoms with van der Waals surface area (Å²) in [4.78, 5) is 0. The molecule has 32 valence electrons. The zero-order chi connectivity index (χ0) is 3.41. The van der Waals surface area contributed by atoms with Crippen LogP contribution in [0, 0.1) is 0 Å². The molecule has 4 heteroatoms. The predicted octanol–water partition coefficient (Wildman–Crippen LogP) is -1.68. The molecule has 0 rings (SSSR count). The van der Waals surface area contributed by atoms with Gasteiger partial charge in [0.15, 0.2) is 0 Å². The first kappa shape index (κ1) is 15.7. The standard InChI is InChI=1S/C2H6O2.Li.Ti.H/c3-1-2-4;;;/h3-4H,1-2H2;;;. The maximum Gasteiger partial charge on any atom is 0 e.